The van der Waals surface area contributed by atoms with Gasteiger partial charge in [-0.2, -0.15) is 5.10 Å². The fourth-order valence-electron chi connectivity index (χ4n) is 2.24. The van der Waals surface area contributed by atoms with Gasteiger partial charge in [-0.3, -0.25) is 9.67 Å². The van der Waals surface area contributed by atoms with E-state index in [2.05, 4.69) is 10.1 Å². The molecule has 1 N–H and O–H groups in total. The molecule has 0 bridgehead atoms. The van der Waals surface area contributed by atoms with Gasteiger partial charge < -0.3 is 5.11 Å². The van der Waals surface area contributed by atoms with Crippen molar-refractivity contribution in [1.82, 2.24) is 14.8 Å². The van der Waals surface area contributed by atoms with Crippen molar-refractivity contribution in [3.63, 3.8) is 0 Å². The first-order chi connectivity index (χ1) is 9.15. The summed E-state index contributed by atoms with van der Waals surface area (Å²) in [6.45, 7) is 1.97. The third kappa shape index (κ3) is 2.11. The maximum atomic E-state index is 10.4. The number of aliphatic hydroxyl groups is 1. The van der Waals surface area contributed by atoms with E-state index in [0.717, 1.165) is 27.9 Å². The maximum Gasteiger partial charge on any atom is 0.121 e. The molecule has 2 heterocycles. The molecule has 0 aliphatic rings. The molecule has 0 saturated heterocycles. The van der Waals surface area contributed by atoms with Crippen LogP contribution in [0, 0.1) is 6.92 Å². The maximum absolute atomic E-state index is 10.4. The molecule has 3 aromatic rings. The van der Waals surface area contributed by atoms with E-state index in [4.69, 9.17) is 0 Å². The van der Waals surface area contributed by atoms with E-state index in [1.807, 2.05) is 50.4 Å². The molecule has 4 heteroatoms. The summed E-state index contributed by atoms with van der Waals surface area (Å²) in [5, 5.41) is 15.5. The molecule has 19 heavy (non-hydrogen) atoms. The zero-order chi connectivity index (χ0) is 13.4. The predicted octanol–water partition coefficient (Wildman–Crippen LogP) is 2.36. The van der Waals surface area contributed by atoms with Crippen molar-refractivity contribution in [1.29, 1.82) is 0 Å². The molecule has 1 unspecified atom stereocenters. The summed E-state index contributed by atoms with van der Waals surface area (Å²) in [6.07, 6.45) is 1.02. The fourth-order valence-corrected chi connectivity index (χ4v) is 2.24. The van der Waals surface area contributed by atoms with Gasteiger partial charge in [-0.05, 0) is 36.8 Å². The van der Waals surface area contributed by atoms with Gasteiger partial charge in [0.2, 0.25) is 0 Å². The number of hydrogen-bond donors (Lipinski definition) is 1. The van der Waals surface area contributed by atoms with Gasteiger partial charge in [0.05, 0.1) is 11.2 Å². The van der Waals surface area contributed by atoms with E-state index >= 15 is 0 Å². The smallest absolute Gasteiger partial charge is 0.121 e. The first-order valence-electron chi connectivity index (χ1n) is 6.18. The number of fused-ring (bicyclic) bond motifs is 1. The molecule has 0 aliphatic carbocycles. The van der Waals surface area contributed by atoms with E-state index < -0.39 is 6.10 Å². The number of aliphatic hydroxyl groups excluding tert-OH is 1. The normalized spacial score (nSPS) is 12.8. The van der Waals surface area contributed by atoms with Gasteiger partial charge in [-0.1, -0.05) is 12.1 Å². The fraction of sp³-hybridized carbons (Fsp3) is 0.200. The minimum Gasteiger partial charge on any atom is -0.382 e. The Morgan fingerprint density at radius 1 is 1.16 bits per heavy atom. The molecule has 0 saturated carbocycles. The molecular formula is C15H15N3O. The largest absolute Gasteiger partial charge is 0.382 e. The standard InChI is InChI=1S/C15H15N3O/c1-10-3-4-11-9-12(5-6-13(11)17-10)15(19)14-7-8-16-18(14)2/h3-9,15,19H,1-2H3. The van der Waals surface area contributed by atoms with E-state index in [-0.39, 0.29) is 0 Å². The summed E-state index contributed by atoms with van der Waals surface area (Å²) in [5.41, 5.74) is 3.56. The molecule has 3 rings (SSSR count). The minimum absolute atomic E-state index is 0.668. The highest BCUT2D eigenvalue weighted by atomic mass is 16.3. The highest BCUT2D eigenvalue weighted by Crippen LogP contribution is 2.24. The first-order valence-corrected chi connectivity index (χ1v) is 6.18. The predicted molar refractivity (Wildman–Crippen MR) is 73.7 cm³/mol. The number of pyridine rings is 1. The van der Waals surface area contributed by atoms with E-state index in [1.54, 1.807) is 10.9 Å². The van der Waals surface area contributed by atoms with Crippen LogP contribution in [0.3, 0.4) is 0 Å². The zero-order valence-electron chi connectivity index (χ0n) is 10.9. The molecular weight excluding hydrogens is 238 g/mol. The van der Waals surface area contributed by atoms with E-state index in [1.165, 1.54) is 0 Å². The van der Waals surface area contributed by atoms with Gasteiger partial charge in [-0.25, -0.2) is 0 Å². The summed E-state index contributed by atoms with van der Waals surface area (Å²) < 4.78 is 1.68. The molecule has 0 amide bonds. The molecule has 0 radical (unpaired) electrons. The van der Waals surface area contributed by atoms with Crippen molar-refractivity contribution in [2.75, 3.05) is 0 Å². The Morgan fingerprint density at radius 3 is 2.74 bits per heavy atom. The van der Waals surface area contributed by atoms with Gasteiger partial charge >= 0.3 is 0 Å². The lowest BCUT2D eigenvalue weighted by Crippen LogP contribution is -2.06. The zero-order valence-corrected chi connectivity index (χ0v) is 10.9. The highest BCUT2D eigenvalue weighted by molar-refractivity contribution is 5.79. The molecule has 96 valence electrons. The number of hydrogen-bond acceptors (Lipinski definition) is 3. The lowest BCUT2D eigenvalue weighted by atomic mass is 10.0. The quantitative estimate of drug-likeness (QED) is 0.762. The Hall–Kier alpha value is -2.20. The van der Waals surface area contributed by atoms with Crippen LogP contribution in [0.15, 0.2) is 42.6 Å². The van der Waals surface area contributed by atoms with Crippen LogP contribution < -0.4 is 0 Å². The Balaban J connectivity index is 2.06. The second-order valence-corrected chi connectivity index (χ2v) is 4.69. The summed E-state index contributed by atoms with van der Waals surface area (Å²) in [7, 11) is 1.82. The van der Waals surface area contributed by atoms with Crippen molar-refractivity contribution in [3.05, 3.63) is 59.5 Å². The van der Waals surface area contributed by atoms with Crippen LogP contribution in [0.25, 0.3) is 10.9 Å². The van der Waals surface area contributed by atoms with E-state index in [0.29, 0.717) is 0 Å². The monoisotopic (exact) mass is 253 g/mol. The summed E-state index contributed by atoms with van der Waals surface area (Å²) >= 11 is 0. The topological polar surface area (TPSA) is 50.9 Å². The van der Waals surface area contributed by atoms with Crippen LogP contribution in [-0.2, 0) is 7.05 Å². The molecule has 4 nitrogen and oxygen atoms in total. The highest BCUT2D eigenvalue weighted by Gasteiger charge is 2.14. The second kappa shape index (κ2) is 4.48. The molecule has 1 aromatic carbocycles. The first kappa shape index (κ1) is 11.9. The molecule has 0 spiro atoms. The summed E-state index contributed by atoms with van der Waals surface area (Å²) in [6, 6.07) is 11.6. The van der Waals surface area contributed by atoms with Gasteiger partial charge in [0, 0.05) is 24.3 Å². The van der Waals surface area contributed by atoms with Crippen molar-refractivity contribution in [3.8, 4) is 0 Å². The van der Waals surface area contributed by atoms with Crippen LogP contribution in [-0.4, -0.2) is 19.9 Å². The number of aryl methyl sites for hydroxylation is 2. The molecule has 1 atom stereocenters. The third-order valence-electron chi connectivity index (χ3n) is 3.31. The van der Waals surface area contributed by atoms with Gasteiger partial charge in [0.15, 0.2) is 0 Å². The minimum atomic E-state index is -0.668. The van der Waals surface area contributed by atoms with Crippen molar-refractivity contribution in [2.45, 2.75) is 13.0 Å². The average Bonchev–Trinajstić information content (AvgIpc) is 2.83. The van der Waals surface area contributed by atoms with Gasteiger partial charge in [0.1, 0.15) is 6.10 Å². The SMILES string of the molecule is Cc1ccc2cc(C(O)c3ccnn3C)ccc2n1. The number of nitrogens with zero attached hydrogens (tertiary/aromatic N) is 3. The van der Waals surface area contributed by atoms with Crippen molar-refractivity contribution in [2.24, 2.45) is 7.05 Å². The lowest BCUT2D eigenvalue weighted by Gasteiger charge is -2.12. The number of benzene rings is 1. The van der Waals surface area contributed by atoms with Crippen molar-refractivity contribution >= 4 is 10.9 Å². The summed E-state index contributed by atoms with van der Waals surface area (Å²) in [4.78, 5) is 4.46. The molecule has 0 fully saturated rings. The Labute approximate surface area is 111 Å². The van der Waals surface area contributed by atoms with Crippen LogP contribution in [0.2, 0.25) is 0 Å². The van der Waals surface area contributed by atoms with Crippen LogP contribution in [0.5, 0.6) is 0 Å². The second-order valence-electron chi connectivity index (χ2n) is 4.69. The van der Waals surface area contributed by atoms with Gasteiger partial charge in [0.25, 0.3) is 0 Å². The third-order valence-corrected chi connectivity index (χ3v) is 3.31. The Bertz CT molecular complexity index is 733. The van der Waals surface area contributed by atoms with Gasteiger partial charge in [-0.15, -0.1) is 0 Å². The van der Waals surface area contributed by atoms with Crippen LogP contribution in [0.4, 0.5) is 0 Å². The number of rotatable bonds is 2. The lowest BCUT2D eigenvalue weighted by molar-refractivity contribution is 0.210. The van der Waals surface area contributed by atoms with E-state index in [9.17, 15) is 5.11 Å². The Kier molecular flexibility index (Phi) is 2.80. The Morgan fingerprint density at radius 2 is 2.00 bits per heavy atom. The number of aromatic nitrogens is 3. The molecule has 2 aromatic heterocycles. The van der Waals surface area contributed by atoms with Crippen molar-refractivity contribution < 1.29 is 5.11 Å². The summed E-state index contributed by atoms with van der Waals surface area (Å²) in [5.74, 6) is 0. The average molecular weight is 253 g/mol. The molecule has 0 aliphatic heterocycles. The van der Waals surface area contributed by atoms with Crippen LogP contribution >= 0.6 is 0 Å². The van der Waals surface area contributed by atoms with Crippen LogP contribution in [0.1, 0.15) is 23.1 Å².